The zero-order chi connectivity index (χ0) is 13.7. The van der Waals surface area contributed by atoms with E-state index in [4.69, 9.17) is 4.74 Å². The maximum atomic E-state index is 10.0. The van der Waals surface area contributed by atoms with Crippen LogP contribution in [0.15, 0.2) is 35.8 Å². The van der Waals surface area contributed by atoms with Gasteiger partial charge in [0.25, 0.3) is 0 Å². The third kappa shape index (κ3) is 3.94. The predicted octanol–water partition coefficient (Wildman–Crippen LogP) is 3.08. The number of aliphatic hydroxyl groups is 1. The summed E-state index contributed by atoms with van der Waals surface area (Å²) < 4.78 is 5.62. The smallest absolute Gasteiger partial charge is 0.237 e. The molecule has 0 radical (unpaired) electrons. The number of pyridine rings is 1. The molecule has 0 fully saturated rings. The molecule has 2 heterocycles. The van der Waals surface area contributed by atoms with E-state index in [1.165, 1.54) is 0 Å². The van der Waals surface area contributed by atoms with E-state index in [0.29, 0.717) is 12.4 Å². The molecule has 0 saturated carbocycles. The Balaban J connectivity index is 1.99. The zero-order valence-corrected chi connectivity index (χ0v) is 11.9. The van der Waals surface area contributed by atoms with Crippen molar-refractivity contribution in [2.24, 2.45) is 0 Å². The highest BCUT2D eigenvalue weighted by molar-refractivity contribution is 7.10. The van der Waals surface area contributed by atoms with Gasteiger partial charge in [-0.1, -0.05) is 6.07 Å². The van der Waals surface area contributed by atoms with E-state index in [1.807, 2.05) is 43.5 Å². The van der Waals surface area contributed by atoms with Crippen LogP contribution in [0.3, 0.4) is 0 Å². The molecule has 102 valence electrons. The normalized spacial score (nSPS) is 12.4. The molecule has 2 aromatic rings. The van der Waals surface area contributed by atoms with Crippen LogP contribution in [0.25, 0.3) is 0 Å². The van der Waals surface area contributed by atoms with Gasteiger partial charge in [0.1, 0.15) is 6.10 Å². The molecule has 1 atom stereocenters. The molecule has 0 aliphatic heterocycles. The topological polar surface area (TPSA) is 54.4 Å². The van der Waals surface area contributed by atoms with E-state index >= 15 is 0 Å². The first-order valence-electron chi connectivity index (χ1n) is 6.24. The van der Waals surface area contributed by atoms with E-state index in [-0.39, 0.29) is 6.10 Å². The average Bonchev–Trinajstić information content (AvgIpc) is 2.90. The first-order chi connectivity index (χ1) is 9.16. The lowest BCUT2D eigenvalue weighted by molar-refractivity contribution is 0.195. The Labute approximate surface area is 117 Å². The molecule has 2 rings (SSSR count). The molecule has 1 unspecified atom stereocenters. The van der Waals surface area contributed by atoms with Crippen molar-refractivity contribution in [2.45, 2.75) is 26.1 Å². The molecule has 4 nitrogen and oxygen atoms in total. The van der Waals surface area contributed by atoms with Crippen LogP contribution in [0, 0.1) is 0 Å². The Morgan fingerprint density at radius 1 is 1.37 bits per heavy atom. The average molecular weight is 278 g/mol. The van der Waals surface area contributed by atoms with Crippen molar-refractivity contribution in [1.29, 1.82) is 0 Å². The van der Waals surface area contributed by atoms with Gasteiger partial charge in [-0.3, -0.25) is 0 Å². The van der Waals surface area contributed by atoms with Gasteiger partial charge in [0, 0.05) is 17.6 Å². The monoisotopic (exact) mass is 278 g/mol. The lowest BCUT2D eigenvalue weighted by atomic mass is 10.3. The SMILES string of the molecule is CC(C)Oc1ncccc1NCC(O)c1cccs1. The van der Waals surface area contributed by atoms with E-state index in [9.17, 15) is 5.11 Å². The van der Waals surface area contributed by atoms with Crippen molar-refractivity contribution in [2.75, 3.05) is 11.9 Å². The maximum Gasteiger partial charge on any atom is 0.237 e. The molecule has 0 aliphatic rings. The van der Waals surface area contributed by atoms with Crippen LogP contribution in [0.5, 0.6) is 5.88 Å². The Kier molecular flexibility index (Phi) is 4.76. The Morgan fingerprint density at radius 3 is 2.89 bits per heavy atom. The molecule has 0 spiro atoms. The number of ether oxygens (including phenoxy) is 1. The van der Waals surface area contributed by atoms with Gasteiger partial charge in [-0.05, 0) is 37.4 Å². The number of aromatic nitrogens is 1. The largest absolute Gasteiger partial charge is 0.473 e. The number of aliphatic hydroxyl groups excluding tert-OH is 1. The second-order valence-corrected chi connectivity index (χ2v) is 5.41. The highest BCUT2D eigenvalue weighted by Gasteiger charge is 2.11. The van der Waals surface area contributed by atoms with E-state index in [2.05, 4.69) is 10.3 Å². The summed E-state index contributed by atoms with van der Waals surface area (Å²) in [5.41, 5.74) is 0.798. The van der Waals surface area contributed by atoms with Crippen LogP contribution < -0.4 is 10.1 Å². The summed E-state index contributed by atoms with van der Waals surface area (Å²) in [6.07, 6.45) is 1.24. The fourth-order valence-electron chi connectivity index (χ4n) is 1.63. The van der Waals surface area contributed by atoms with E-state index < -0.39 is 6.10 Å². The van der Waals surface area contributed by atoms with Gasteiger partial charge in [0.15, 0.2) is 0 Å². The summed E-state index contributed by atoms with van der Waals surface area (Å²) >= 11 is 1.54. The summed E-state index contributed by atoms with van der Waals surface area (Å²) in [5, 5.41) is 15.2. The summed E-state index contributed by atoms with van der Waals surface area (Å²) in [4.78, 5) is 5.14. The molecule has 19 heavy (non-hydrogen) atoms. The first-order valence-corrected chi connectivity index (χ1v) is 7.12. The van der Waals surface area contributed by atoms with Gasteiger partial charge in [0.05, 0.1) is 11.8 Å². The number of nitrogens with one attached hydrogen (secondary N) is 1. The van der Waals surface area contributed by atoms with E-state index in [1.54, 1.807) is 17.5 Å². The lowest BCUT2D eigenvalue weighted by Crippen LogP contribution is -2.14. The summed E-state index contributed by atoms with van der Waals surface area (Å²) in [6.45, 7) is 4.35. The minimum Gasteiger partial charge on any atom is -0.473 e. The number of hydrogen-bond acceptors (Lipinski definition) is 5. The third-order valence-corrected chi connectivity index (χ3v) is 3.45. The van der Waals surface area contributed by atoms with Crippen molar-refractivity contribution in [3.63, 3.8) is 0 Å². The molecular weight excluding hydrogens is 260 g/mol. The summed E-state index contributed by atoms with van der Waals surface area (Å²) in [7, 11) is 0. The van der Waals surface area contributed by atoms with Crippen molar-refractivity contribution >= 4 is 17.0 Å². The van der Waals surface area contributed by atoms with Crippen LogP contribution in [0.2, 0.25) is 0 Å². The summed E-state index contributed by atoms with van der Waals surface area (Å²) in [6, 6.07) is 7.59. The molecule has 0 amide bonds. The highest BCUT2D eigenvalue weighted by Crippen LogP contribution is 2.24. The molecular formula is C14H18N2O2S. The molecule has 0 bridgehead atoms. The van der Waals surface area contributed by atoms with Crippen molar-refractivity contribution in [1.82, 2.24) is 4.98 Å². The lowest BCUT2D eigenvalue weighted by Gasteiger charge is -2.15. The van der Waals surface area contributed by atoms with Gasteiger partial charge < -0.3 is 15.2 Å². The standard InChI is InChI=1S/C14H18N2O2S/c1-10(2)18-14-11(5-3-7-15-14)16-9-12(17)13-6-4-8-19-13/h3-8,10,12,16-17H,9H2,1-2H3. The number of thiophene rings is 1. The van der Waals surface area contributed by atoms with Crippen molar-refractivity contribution in [3.05, 3.63) is 40.7 Å². The Bertz CT molecular complexity index is 500. The quantitative estimate of drug-likeness (QED) is 0.852. The molecule has 2 N–H and O–H groups in total. The van der Waals surface area contributed by atoms with Gasteiger partial charge in [0.2, 0.25) is 5.88 Å². The minimum atomic E-state index is -0.521. The zero-order valence-electron chi connectivity index (χ0n) is 11.0. The number of hydrogen-bond donors (Lipinski definition) is 2. The molecule has 0 aromatic carbocycles. The van der Waals surface area contributed by atoms with Crippen LogP contribution in [-0.2, 0) is 0 Å². The van der Waals surface area contributed by atoms with Crippen molar-refractivity contribution in [3.8, 4) is 5.88 Å². The van der Waals surface area contributed by atoms with Gasteiger partial charge in [-0.25, -0.2) is 4.98 Å². The Morgan fingerprint density at radius 2 is 2.21 bits per heavy atom. The number of nitrogens with zero attached hydrogens (tertiary/aromatic N) is 1. The Hall–Kier alpha value is -1.59. The predicted molar refractivity (Wildman–Crippen MR) is 77.8 cm³/mol. The van der Waals surface area contributed by atoms with E-state index in [0.717, 1.165) is 10.6 Å². The molecule has 0 saturated heterocycles. The molecule has 0 aliphatic carbocycles. The highest BCUT2D eigenvalue weighted by atomic mass is 32.1. The van der Waals surface area contributed by atoms with Crippen LogP contribution in [0.4, 0.5) is 5.69 Å². The second kappa shape index (κ2) is 6.54. The molecule has 5 heteroatoms. The van der Waals surface area contributed by atoms with Gasteiger partial charge >= 0.3 is 0 Å². The minimum absolute atomic E-state index is 0.0673. The van der Waals surface area contributed by atoms with Crippen LogP contribution in [-0.4, -0.2) is 22.7 Å². The summed E-state index contributed by atoms with van der Waals surface area (Å²) in [5.74, 6) is 0.566. The van der Waals surface area contributed by atoms with Gasteiger partial charge in [-0.2, -0.15) is 0 Å². The van der Waals surface area contributed by atoms with Crippen LogP contribution in [0.1, 0.15) is 24.8 Å². The molecule has 2 aromatic heterocycles. The number of anilines is 1. The fourth-order valence-corrected chi connectivity index (χ4v) is 2.34. The fraction of sp³-hybridized carbons (Fsp3) is 0.357. The van der Waals surface area contributed by atoms with Gasteiger partial charge in [-0.15, -0.1) is 11.3 Å². The number of rotatable bonds is 6. The van der Waals surface area contributed by atoms with Crippen LogP contribution >= 0.6 is 11.3 Å². The van der Waals surface area contributed by atoms with Crippen molar-refractivity contribution < 1.29 is 9.84 Å². The second-order valence-electron chi connectivity index (χ2n) is 4.43. The third-order valence-electron chi connectivity index (χ3n) is 2.48. The first kappa shape index (κ1) is 13.8. The maximum absolute atomic E-state index is 10.0.